The summed E-state index contributed by atoms with van der Waals surface area (Å²) in [5.74, 6) is 0.0263. The number of para-hydroxylation sites is 2. The fourth-order valence-electron chi connectivity index (χ4n) is 2.47. The normalized spacial score (nSPS) is 13.2. The number of carbonyl (C=O) groups is 2. The number of carbonyl (C=O) groups excluding carboxylic acids is 2. The average molecular weight is 380 g/mol. The number of ether oxygens (including phenoxy) is 2. The molecule has 0 N–H and O–H groups in total. The van der Waals surface area contributed by atoms with Crippen LogP contribution in [0.3, 0.4) is 0 Å². The van der Waals surface area contributed by atoms with E-state index >= 15 is 0 Å². The van der Waals surface area contributed by atoms with Crippen LogP contribution in [0.1, 0.15) is 12.0 Å². The van der Waals surface area contributed by atoms with Crippen LogP contribution in [0.2, 0.25) is 10.0 Å². The molecule has 0 atom stereocenters. The maximum atomic E-state index is 12.0. The first-order valence-corrected chi connectivity index (χ1v) is 8.42. The molecule has 1 aliphatic rings. The van der Waals surface area contributed by atoms with Gasteiger partial charge < -0.3 is 14.4 Å². The van der Waals surface area contributed by atoms with Gasteiger partial charge in [0.25, 0.3) is 5.91 Å². The highest BCUT2D eigenvalue weighted by molar-refractivity contribution is 6.35. The lowest BCUT2D eigenvalue weighted by molar-refractivity contribution is -0.144. The Hall–Kier alpha value is -2.24. The molecule has 1 heterocycles. The van der Waals surface area contributed by atoms with E-state index in [1.165, 1.54) is 4.90 Å². The molecule has 0 unspecified atom stereocenters. The van der Waals surface area contributed by atoms with Crippen molar-refractivity contribution in [2.75, 3.05) is 18.1 Å². The smallest absolute Gasteiger partial charge is 0.307 e. The van der Waals surface area contributed by atoms with Crippen molar-refractivity contribution >= 4 is 40.8 Å². The van der Waals surface area contributed by atoms with E-state index in [2.05, 4.69) is 0 Å². The minimum atomic E-state index is -0.414. The van der Waals surface area contributed by atoms with E-state index in [4.69, 9.17) is 32.7 Å². The number of hydrogen-bond acceptors (Lipinski definition) is 4. The lowest BCUT2D eigenvalue weighted by atomic mass is 10.2. The Kier molecular flexibility index (Phi) is 5.46. The van der Waals surface area contributed by atoms with Gasteiger partial charge in [-0.2, -0.15) is 0 Å². The molecule has 0 spiro atoms. The highest BCUT2D eigenvalue weighted by Crippen LogP contribution is 2.31. The van der Waals surface area contributed by atoms with Gasteiger partial charge in [0.15, 0.2) is 6.61 Å². The van der Waals surface area contributed by atoms with Crippen LogP contribution in [-0.4, -0.2) is 25.0 Å². The molecule has 0 fully saturated rings. The molecule has 1 amide bonds. The highest BCUT2D eigenvalue weighted by atomic mass is 35.5. The molecule has 0 aliphatic carbocycles. The maximum absolute atomic E-state index is 12.0. The van der Waals surface area contributed by atoms with Crippen molar-refractivity contribution < 1.29 is 19.1 Å². The quantitative estimate of drug-likeness (QED) is 0.740. The number of anilines is 1. The van der Waals surface area contributed by atoms with Crippen molar-refractivity contribution in [3.63, 3.8) is 0 Å². The van der Waals surface area contributed by atoms with Crippen LogP contribution in [0, 0.1) is 0 Å². The summed E-state index contributed by atoms with van der Waals surface area (Å²) in [6.45, 7) is 0.251. The lowest BCUT2D eigenvalue weighted by Crippen LogP contribution is -2.40. The molecule has 130 valence electrons. The number of hydrogen-bond donors (Lipinski definition) is 0. The Labute approximate surface area is 155 Å². The summed E-state index contributed by atoms with van der Waals surface area (Å²) in [7, 11) is 0. The molecule has 0 saturated carbocycles. The SMILES string of the molecule is O=C(CCN1C(=O)COc2ccccc21)OCc1ccc(Cl)cc1Cl. The number of nitrogens with zero attached hydrogens (tertiary/aromatic N) is 1. The monoisotopic (exact) mass is 379 g/mol. The van der Waals surface area contributed by atoms with Crippen molar-refractivity contribution in [1.82, 2.24) is 0 Å². The topological polar surface area (TPSA) is 55.8 Å². The fraction of sp³-hybridized carbons (Fsp3) is 0.222. The third-order valence-electron chi connectivity index (χ3n) is 3.75. The van der Waals surface area contributed by atoms with Gasteiger partial charge in [0.1, 0.15) is 12.4 Å². The Bertz CT molecular complexity index is 809. The number of halogens is 2. The van der Waals surface area contributed by atoms with E-state index in [1.807, 2.05) is 12.1 Å². The standard InChI is InChI=1S/C18H15Cl2NO4/c19-13-6-5-12(14(20)9-13)10-25-18(23)7-8-21-15-3-1-2-4-16(15)24-11-17(21)22/h1-6,9H,7-8,10-11H2. The molecule has 0 bridgehead atoms. The Morgan fingerprint density at radius 2 is 2.00 bits per heavy atom. The number of rotatable bonds is 5. The van der Waals surface area contributed by atoms with Crippen LogP contribution < -0.4 is 9.64 Å². The van der Waals surface area contributed by atoms with Crippen LogP contribution >= 0.6 is 23.2 Å². The zero-order valence-corrected chi connectivity index (χ0v) is 14.7. The summed E-state index contributed by atoms with van der Waals surface area (Å²) < 4.78 is 10.6. The third-order valence-corrected chi connectivity index (χ3v) is 4.34. The molecule has 7 heteroatoms. The first-order valence-electron chi connectivity index (χ1n) is 7.66. The molecule has 3 rings (SSSR count). The van der Waals surface area contributed by atoms with Crippen LogP contribution in [0.4, 0.5) is 5.69 Å². The second-order valence-electron chi connectivity index (χ2n) is 5.45. The van der Waals surface area contributed by atoms with E-state index in [1.54, 1.807) is 30.3 Å². The molecule has 0 aromatic heterocycles. The summed E-state index contributed by atoms with van der Waals surface area (Å²) >= 11 is 11.9. The van der Waals surface area contributed by atoms with E-state index in [9.17, 15) is 9.59 Å². The van der Waals surface area contributed by atoms with E-state index in [-0.39, 0.29) is 32.1 Å². The Balaban J connectivity index is 1.56. The van der Waals surface area contributed by atoms with Crippen molar-refractivity contribution in [2.45, 2.75) is 13.0 Å². The summed E-state index contributed by atoms with van der Waals surface area (Å²) in [5.41, 5.74) is 1.33. The van der Waals surface area contributed by atoms with Crippen LogP contribution in [-0.2, 0) is 20.9 Å². The van der Waals surface area contributed by atoms with Gasteiger partial charge in [-0.3, -0.25) is 9.59 Å². The Morgan fingerprint density at radius 1 is 1.20 bits per heavy atom. The molecular formula is C18H15Cl2NO4. The van der Waals surface area contributed by atoms with E-state index in [0.717, 1.165) is 0 Å². The van der Waals surface area contributed by atoms with Gasteiger partial charge in [0.05, 0.1) is 12.1 Å². The number of benzene rings is 2. The van der Waals surface area contributed by atoms with Gasteiger partial charge in [0.2, 0.25) is 0 Å². The molecule has 2 aromatic rings. The van der Waals surface area contributed by atoms with Crippen molar-refractivity contribution in [3.05, 3.63) is 58.1 Å². The molecular weight excluding hydrogens is 365 g/mol. The van der Waals surface area contributed by atoms with Gasteiger partial charge in [-0.15, -0.1) is 0 Å². The van der Waals surface area contributed by atoms with Gasteiger partial charge in [-0.05, 0) is 24.3 Å². The third kappa shape index (κ3) is 4.24. The van der Waals surface area contributed by atoms with Gasteiger partial charge in [-0.25, -0.2) is 0 Å². The number of amides is 1. The molecule has 5 nitrogen and oxygen atoms in total. The fourth-order valence-corrected chi connectivity index (χ4v) is 2.93. The van der Waals surface area contributed by atoms with E-state index < -0.39 is 5.97 Å². The van der Waals surface area contributed by atoms with Gasteiger partial charge in [0, 0.05) is 22.2 Å². The summed E-state index contributed by atoms with van der Waals surface area (Å²) in [4.78, 5) is 25.6. The van der Waals surface area contributed by atoms with Crippen molar-refractivity contribution in [1.29, 1.82) is 0 Å². The van der Waals surface area contributed by atoms with E-state index in [0.29, 0.717) is 27.0 Å². The first kappa shape index (κ1) is 17.6. The minimum Gasteiger partial charge on any atom is -0.482 e. The summed E-state index contributed by atoms with van der Waals surface area (Å²) in [5, 5.41) is 0.960. The summed E-state index contributed by atoms with van der Waals surface area (Å²) in [6, 6.07) is 12.2. The number of esters is 1. The molecule has 25 heavy (non-hydrogen) atoms. The van der Waals surface area contributed by atoms with Crippen molar-refractivity contribution in [3.8, 4) is 5.75 Å². The number of fused-ring (bicyclic) bond motifs is 1. The van der Waals surface area contributed by atoms with Crippen molar-refractivity contribution in [2.24, 2.45) is 0 Å². The lowest BCUT2D eigenvalue weighted by Gasteiger charge is -2.28. The average Bonchev–Trinajstić information content (AvgIpc) is 2.60. The maximum Gasteiger partial charge on any atom is 0.307 e. The zero-order chi connectivity index (χ0) is 17.8. The van der Waals surface area contributed by atoms with Crippen LogP contribution in [0.5, 0.6) is 5.75 Å². The predicted octanol–water partition coefficient (Wildman–Crippen LogP) is 3.85. The molecule has 2 aromatic carbocycles. The minimum absolute atomic E-state index is 0.0353. The van der Waals surface area contributed by atoms with Gasteiger partial charge in [-0.1, -0.05) is 41.4 Å². The highest BCUT2D eigenvalue weighted by Gasteiger charge is 2.25. The summed E-state index contributed by atoms with van der Waals surface area (Å²) in [6.07, 6.45) is 0.0747. The van der Waals surface area contributed by atoms with Crippen LogP contribution in [0.15, 0.2) is 42.5 Å². The molecule has 0 radical (unpaired) electrons. The predicted molar refractivity (Wildman–Crippen MR) is 95.2 cm³/mol. The second kappa shape index (κ2) is 7.76. The Morgan fingerprint density at radius 3 is 2.80 bits per heavy atom. The van der Waals surface area contributed by atoms with Crippen LogP contribution in [0.25, 0.3) is 0 Å². The molecule has 1 aliphatic heterocycles. The first-order chi connectivity index (χ1) is 12.0. The largest absolute Gasteiger partial charge is 0.482 e. The van der Waals surface area contributed by atoms with Gasteiger partial charge >= 0.3 is 5.97 Å². The molecule has 0 saturated heterocycles. The second-order valence-corrected chi connectivity index (χ2v) is 6.29. The zero-order valence-electron chi connectivity index (χ0n) is 13.2.